The molecular formula is C23H30N2O. The van der Waals surface area contributed by atoms with Gasteiger partial charge in [0.05, 0.1) is 6.10 Å². The van der Waals surface area contributed by atoms with Gasteiger partial charge in [0.2, 0.25) is 0 Å². The molecule has 3 nitrogen and oxygen atoms in total. The lowest BCUT2D eigenvalue weighted by Gasteiger charge is -2.27. The molecule has 2 aromatic rings. The summed E-state index contributed by atoms with van der Waals surface area (Å²) in [5.41, 5.74) is 8.12. The van der Waals surface area contributed by atoms with Crippen LogP contribution in [0.2, 0.25) is 0 Å². The molecule has 0 aromatic heterocycles. The average Bonchev–Trinajstić information content (AvgIpc) is 2.80. The van der Waals surface area contributed by atoms with Gasteiger partial charge in [-0.25, -0.2) is 0 Å². The van der Waals surface area contributed by atoms with E-state index in [1.807, 2.05) is 7.05 Å². The van der Waals surface area contributed by atoms with Gasteiger partial charge in [-0.05, 0) is 92.5 Å². The summed E-state index contributed by atoms with van der Waals surface area (Å²) < 4.78 is 6.11. The Morgan fingerprint density at radius 3 is 2.42 bits per heavy atom. The number of anilines is 2. The fraction of sp³-hybridized carbons (Fsp3) is 0.478. The van der Waals surface area contributed by atoms with Gasteiger partial charge in [-0.2, -0.15) is 0 Å². The predicted octanol–water partition coefficient (Wildman–Crippen LogP) is 5.23. The topological polar surface area (TPSA) is 24.5 Å². The van der Waals surface area contributed by atoms with E-state index in [0.717, 1.165) is 25.3 Å². The highest BCUT2D eigenvalue weighted by Gasteiger charge is 2.21. The molecule has 0 radical (unpaired) electrons. The summed E-state index contributed by atoms with van der Waals surface area (Å²) in [5, 5.41) is 3.32. The molecule has 1 heterocycles. The number of hydrogen-bond acceptors (Lipinski definition) is 3. The first-order chi connectivity index (χ1) is 12.6. The molecule has 0 spiro atoms. The third-order valence-corrected chi connectivity index (χ3v) is 5.90. The lowest BCUT2D eigenvalue weighted by atomic mass is 9.96. The maximum atomic E-state index is 6.11. The molecule has 138 valence electrons. The van der Waals surface area contributed by atoms with Crippen molar-refractivity contribution >= 4 is 11.4 Å². The molecule has 2 aliphatic rings. The Labute approximate surface area is 157 Å². The van der Waals surface area contributed by atoms with E-state index in [9.17, 15) is 0 Å². The number of fused-ring (bicyclic) bond motifs is 1. The summed E-state index contributed by atoms with van der Waals surface area (Å²) in [5.74, 6) is 1.06. The summed E-state index contributed by atoms with van der Waals surface area (Å²) in [4.78, 5) is 2.53. The van der Waals surface area contributed by atoms with E-state index in [4.69, 9.17) is 4.74 Å². The summed E-state index contributed by atoms with van der Waals surface area (Å²) >= 11 is 0. The normalized spacial score (nSPS) is 17.3. The predicted molar refractivity (Wildman–Crippen MR) is 110 cm³/mol. The van der Waals surface area contributed by atoms with Gasteiger partial charge < -0.3 is 15.0 Å². The smallest absolute Gasteiger partial charge is 0.120 e. The van der Waals surface area contributed by atoms with Gasteiger partial charge in [-0.1, -0.05) is 6.07 Å². The second-order valence-corrected chi connectivity index (χ2v) is 7.83. The highest BCUT2D eigenvalue weighted by Crippen LogP contribution is 2.32. The third kappa shape index (κ3) is 3.40. The summed E-state index contributed by atoms with van der Waals surface area (Å²) in [7, 11) is 2.00. The summed E-state index contributed by atoms with van der Waals surface area (Å²) in [6.45, 7) is 6.47. The first kappa shape index (κ1) is 17.3. The van der Waals surface area contributed by atoms with Crippen molar-refractivity contribution < 1.29 is 4.74 Å². The Hall–Kier alpha value is -2.16. The van der Waals surface area contributed by atoms with E-state index in [0.29, 0.717) is 6.10 Å². The van der Waals surface area contributed by atoms with Crippen LogP contribution in [0.15, 0.2) is 30.3 Å². The number of rotatable bonds is 4. The van der Waals surface area contributed by atoms with Crippen LogP contribution in [-0.2, 0) is 13.0 Å². The van der Waals surface area contributed by atoms with E-state index in [1.165, 1.54) is 59.3 Å². The number of nitrogens with zero attached hydrogens (tertiary/aromatic N) is 1. The van der Waals surface area contributed by atoms with Crippen molar-refractivity contribution in [3.8, 4) is 5.75 Å². The fourth-order valence-corrected chi connectivity index (χ4v) is 4.23. The number of nitrogens with one attached hydrogen (secondary N) is 1. The van der Waals surface area contributed by atoms with Gasteiger partial charge in [0.1, 0.15) is 5.75 Å². The first-order valence-corrected chi connectivity index (χ1v) is 9.96. The molecule has 4 rings (SSSR count). The van der Waals surface area contributed by atoms with Crippen LogP contribution in [0.25, 0.3) is 0 Å². The Bertz CT molecular complexity index is 772. The Morgan fingerprint density at radius 2 is 1.77 bits per heavy atom. The molecule has 3 heteroatoms. The Balaban J connectivity index is 1.56. The number of ether oxygens (including phenoxy) is 1. The molecule has 0 atom stereocenters. The zero-order chi connectivity index (χ0) is 18.1. The first-order valence-electron chi connectivity index (χ1n) is 9.96. The second-order valence-electron chi connectivity index (χ2n) is 7.83. The van der Waals surface area contributed by atoms with Crippen molar-refractivity contribution in [2.75, 3.05) is 23.8 Å². The zero-order valence-electron chi connectivity index (χ0n) is 16.3. The van der Waals surface area contributed by atoms with Crippen molar-refractivity contribution in [3.05, 3.63) is 52.6 Å². The number of aryl methyl sites for hydroxylation is 3. The third-order valence-electron chi connectivity index (χ3n) is 5.90. The molecule has 1 aliphatic carbocycles. The molecule has 0 unspecified atom stereocenters. The standard InChI is InChI=1S/C23H30N2O/c1-16-12-20(13-17(2)23(16)24-3)25-11-5-6-18-14-22(10-9-19(18)15-25)26-21-7-4-8-21/h9-10,12-14,21,24H,4-8,11,15H2,1-3H3. The monoisotopic (exact) mass is 350 g/mol. The van der Waals surface area contributed by atoms with E-state index < -0.39 is 0 Å². The largest absolute Gasteiger partial charge is 0.490 e. The highest BCUT2D eigenvalue weighted by atomic mass is 16.5. The molecular weight excluding hydrogens is 320 g/mol. The molecule has 0 saturated heterocycles. The summed E-state index contributed by atoms with van der Waals surface area (Å²) in [6, 6.07) is 11.4. The van der Waals surface area contributed by atoms with Gasteiger partial charge >= 0.3 is 0 Å². The van der Waals surface area contributed by atoms with Crippen LogP contribution in [0.1, 0.15) is 47.9 Å². The molecule has 1 N–H and O–H groups in total. The molecule has 1 fully saturated rings. The van der Waals surface area contributed by atoms with Crippen molar-refractivity contribution in [2.24, 2.45) is 0 Å². The maximum absolute atomic E-state index is 6.11. The molecule has 26 heavy (non-hydrogen) atoms. The average molecular weight is 351 g/mol. The fourth-order valence-electron chi connectivity index (χ4n) is 4.23. The highest BCUT2D eigenvalue weighted by molar-refractivity contribution is 5.65. The van der Waals surface area contributed by atoms with Gasteiger partial charge in [0.15, 0.2) is 0 Å². The van der Waals surface area contributed by atoms with Crippen molar-refractivity contribution in [2.45, 2.75) is 58.6 Å². The molecule has 0 amide bonds. The van der Waals surface area contributed by atoms with Gasteiger partial charge in [-0.15, -0.1) is 0 Å². The van der Waals surface area contributed by atoms with Gasteiger partial charge in [-0.3, -0.25) is 0 Å². The minimum Gasteiger partial charge on any atom is -0.490 e. The van der Waals surface area contributed by atoms with Crippen LogP contribution in [0.5, 0.6) is 5.75 Å². The lowest BCUT2D eigenvalue weighted by Crippen LogP contribution is -2.24. The van der Waals surface area contributed by atoms with E-state index in [1.54, 1.807) is 0 Å². The minimum atomic E-state index is 0.451. The SMILES string of the molecule is CNc1c(C)cc(N2CCCc3cc(OC4CCC4)ccc3C2)cc1C. The molecule has 1 aliphatic heterocycles. The van der Waals surface area contributed by atoms with Gasteiger partial charge in [0.25, 0.3) is 0 Å². The maximum Gasteiger partial charge on any atom is 0.120 e. The zero-order valence-corrected chi connectivity index (χ0v) is 16.3. The number of benzene rings is 2. The van der Waals surface area contributed by atoms with Crippen LogP contribution in [0.3, 0.4) is 0 Å². The van der Waals surface area contributed by atoms with Crippen molar-refractivity contribution in [3.63, 3.8) is 0 Å². The number of hydrogen-bond donors (Lipinski definition) is 1. The Kier molecular flexibility index (Phi) is 4.80. The lowest BCUT2D eigenvalue weighted by molar-refractivity contribution is 0.120. The van der Waals surface area contributed by atoms with Crippen LogP contribution in [0.4, 0.5) is 11.4 Å². The molecule has 0 bridgehead atoms. The van der Waals surface area contributed by atoms with Crippen molar-refractivity contribution in [1.29, 1.82) is 0 Å². The second kappa shape index (κ2) is 7.22. The van der Waals surface area contributed by atoms with Crippen LogP contribution in [-0.4, -0.2) is 19.7 Å². The van der Waals surface area contributed by atoms with E-state index >= 15 is 0 Å². The van der Waals surface area contributed by atoms with Crippen LogP contribution in [0, 0.1) is 13.8 Å². The molecule has 1 saturated carbocycles. The summed E-state index contributed by atoms with van der Waals surface area (Å²) in [6.07, 6.45) is 6.52. The van der Waals surface area contributed by atoms with Crippen molar-refractivity contribution in [1.82, 2.24) is 0 Å². The van der Waals surface area contributed by atoms with Crippen LogP contribution >= 0.6 is 0 Å². The van der Waals surface area contributed by atoms with E-state index in [2.05, 4.69) is 54.4 Å². The quantitative estimate of drug-likeness (QED) is 0.817. The molecule has 2 aromatic carbocycles. The minimum absolute atomic E-state index is 0.451. The van der Waals surface area contributed by atoms with E-state index in [-0.39, 0.29) is 0 Å². The van der Waals surface area contributed by atoms with Gasteiger partial charge in [0, 0.05) is 31.5 Å². The Morgan fingerprint density at radius 1 is 1.00 bits per heavy atom. The van der Waals surface area contributed by atoms with Crippen LogP contribution < -0.4 is 15.0 Å².